The molecule has 0 saturated carbocycles. The Labute approximate surface area is 123 Å². The minimum Gasteiger partial charge on any atom is -0.368 e. The summed E-state index contributed by atoms with van der Waals surface area (Å²) in [5.74, 6) is 4.77. The fourth-order valence-electron chi connectivity index (χ4n) is 2.01. The van der Waals surface area contributed by atoms with Crippen molar-refractivity contribution in [3.63, 3.8) is 0 Å². The highest BCUT2D eigenvalue weighted by Gasteiger charge is 2.10. The molecule has 0 atom stereocenters. The van der Waals surface area contributed by atoms with Gasteiger partial charge in [-0.3, -0.25) is 0 Å². The standard InChI is InChI=1S/C17H16F2N2/c1-21(17-7-3-2-6-15(17)18)12-14-9-8-13(5-4-10-20)11-16(14)19/h2-3,6-9,11H,10,12,20H2,1H3. The number of hydrogen-bond donors (Lipinski definition) is 1. The number of benzene rings is 2. The van der Waals surface area contributed by atoms with Crippen molar-refractivity contribution >= 4 is 5.69 Å². The van der Waals surface area contributed by atoms with E-state index in [9.17, 15) is 8.78 Å². The summed E-state index contributed by atoms with van der Waals surface area (Å²) in [6.07, 6.45) is 0. The average Bonchev–Trinajstić information content (AvgIpc) is 2.48. The second-order valence-corrected chi connectivity index (χ2v) is 4.62. The van der Waals surface area contributed by atoms with Crippen LogP contribution in [-0.2, 0) is 6.54 Å². The third kappa shape index (κ3) is 3.80. The summed E-state index contributed by atoms with van der Waals surface area (Å²) in [6.45, 7) is 0.511. The van der Waals surface area contributed by atoms with Crippen LogP contribution in [0.2, 0.25) is 0 Å². The first-order valence-corrected chi connectivity index (χ1v) is 6.55. The van der Waals surface area contributed by atoms with Gasteiger partial charge in [0.2, 0.25) is 0 Å². The van der Waals surface area contributed by atoms with Gasteiger partial charge in [-0.1, -0.05) is 30.0 Å². The first-order chi connectivity index (χ1) is 10.1. The Bertz CT molecular complexity index is 687. The van der Waals surface area contributed by atoms with Crippen LogP contribution in [0.15, 0.2) is 42.5 Å². The lowest BCUT2D eigenvalue weighted by Gasteiger charge is -2.20. The second-order valence-electron chi connectivity index (χ2n) is 4.62. The monoisotopic (exact) mass is 286 g/mol. The van der Waals surface area contributed by atoms with E-state index in [1.165, 1.54) is 12.1 Å². The molecule has 0 fully saturated rings. The quantitative estimate of drug-likeness (QED) is 0.879. The van der Waals surface area contributed by atoms with Crippen LogP contribution in [0.4, 0.5) is 14.5 Å². The van der Waals surface area contributed by atoms with Crippen LogP contribution in [0.25, 0.3) is 0 Å². The van der Waals surface area contributed by atoms with Gasteiger partial charge in [0, 0.05) is 24.7 Å². The lowest BCUT2D eigenvalue weighted by atomic mass is 10.1. The van der Waals surface area contributed by atoms with Crippen molar-refractivity contribution in [3.05, 3.63) is 65.2 Å². The van der Waals surface area contributed by atoms with Gasteiger partial charge in [-0.25, -0.2) is 8.78 Å². The Balaban J connectivity index is 2.18. The van der Waals surface area contributed by atoms with E-state index in [2.05, 4.69) is 11.8 Å². The van der Waals surface area contributed by atoms with Crippen LogP contribution >= 0.6 is 0 Å². The molecule has 0 radical (unpaired) electrons. The van der Waals surface area contributed by atoms with E-state index in [0.29, 0.717) is 16.8 Å². The summed E-state index contributed by atoms with van der Waals surface area (Å²) in [6, 6.07) is 11.2. The Hall–Kier alpha value is -2.38. The van der Waals surface area contributed by atoms with Crippen LogP contribution in [0.1, 0.15) is 11.1 Å². The number of nitrogens with two attached hydrogens (primary N) is 1. The molecule has 0 aliphatic heterocycles. The molecular formula is C17H16F2N2. The first kappa shape index (κ1) is 15.0. The molecule has 0 bridgehead atoms. The first-order valence-electron chi connectivity index (χ1n) is 6.55. The molecule has 0 amide bonds. The normalized spacial score (nSPS) is 9.90. The van der Waals surface area contributed by atoms with Crippen molar-refractivity contribution in [1.82, 2.24) is 0 Å². The molecule has 0 aliphatic carbocycles. The van der Waals surface area contributed by atoms with Crippen LogP contribution in [-0.4, -0.2) is 13.6 Å². The van der Waals surface area contributed by atoms with Crippen LogP contribution in [0, 0.1) is 23.5 Å². The molecule has 2 aromatic carbocycles. The maximum absolute atomic E-state index is 14.0. The largest absolute Gasteiger partial charge is 0.368 e. The minimum atomic E-state index is -0.359. The average molecular weight is 286 g/mol. The zero-order valence-electron chi connectivity index (χ0n) is 11.7. The van der Waals surface area contributed by atoms with E-state index in [-0.39, 0.29) is 24.7 Å². The maximum Gasteiger partial charge on any atom is 0.146 e. The third-order valence-corrected chi connectivity index (χ3v) is 3.06. The smallest absolute Gasteiger partial charge is 0.146 e. The van der Waals surface area contributed by atoms with Crippen LogP contribution < -0.4 is 10.6 Å². The zero-order valence-corrected chi connectivity index (χ0v) is 11.7. The molecule has 2 N–H and O–H groups in total. The highest BCUT2D eigenvalue weighted by molar-refractivity contribution is 5.48. The number of hydrogen-bond acceptors (Lipinski definition) is 2. The Morgan fingerprint density at radius 3 is 2.52 bits per heavy atom. The van der Waals surface area contributed by atoms with Gasteiger partial charge in [-0.15, -0.1) is 0 Å². The summed E-state index contributed by atoms with van der Waals surface area (Å²) >= 11 is 0. The van der Waals surface area contributed by atoms with Crippen LogP contribution in [0.3, 0.4) is 0 Å². The highest BCUT2D eigenvalue weighted by Crippen LogP contribution is 2.20. The van der Waals surface area contributed by atoms with Crippen molar-refractivity contribution in [1.29, 1.82) is 0 Å². The molecule has 4 heteroatoms. The molecular weight excluding hydrogens is 270 g/mol. The van der Waals surface area contributed by atoms with Gasteiger partial charge < -0.3 is 10.6 Å². The molecule has 0 aliphatic rings. The Morgan fingerprint density at radius 2 is 1.86 bits per heavy atom. The molecule has 2 rings (SSSR count). The topological polar surface area (TPSA) is 29.3 Å². The van der Waals surface area contributed by atoms with E-state index in [1.54, 1.807) is 42.3 Å². The van der Waals surface area contributed by atoms with E-state index in [0.717, 1.165) is 0 Å². The van der Waals surface area contributed by atoms with Gasteiger partial charge in [0.25, 0.3) is 0 Å². The molecule has 0 heterocycles. The molecule has 108 valence electrons. The second kappa shape index (κ2) is 6.87. The molecule has 0 spiro atoms. The van der Waals surface area contributed by atoms with E-state index < -0.39 is 0 Å². The van der Waals surface area contributed by atoms with E-state index >= 15 is 0 Å². The summed E-state index contributed by atoms with van der Waals surface area (Å²) in [5.41, 5.74) is 6.78. The van der Waals surface area contributed by atoms with Crippen LogP contribution in [0.5, 0.6) is 0 Å². The molecule has 2 aromatic rings. The van der Waals surface area contributed by atoms with Crippen molar-refractivity contribution in [2.75, 3.05) is 18.5 Å². The summed E-state index contributed by atoms with van der Waals surface area (Å²) in [7, 11) is 1.72. The van der Waals surface area contributed by atoms with E-state index in [1.807, 2.05) is 0 Å². The maximum atomic E-state index is 14.0. The Kier molecular flexibility index (Phi) is 4.91. The lowest BCUT2D eigenvalue weighted by Crippen LogP contribution is -2.18. The molecule has 0 unspecified atom stereocenters. The highest BCUT2D eigenvalue weighted by atomic mass is 19.1. The van der Waals surface area contributed by atoms with E-state index in [4.69, 9.17) is 5.73 Å². The van der Waals surface area contributed by atoms with Crippen molar-refractivity contribution < 1.29 is 8.78 Å². The molecule has 21 heavy (non-hydrogen) atoms. The van der Waals surface area contributed by atoms with Crippen molar-refractivity contribution in [3.8, 4) is 11.8 Å². The zero-order chi connectivity index (χ0) is 15.2. The van der Waals surface area contributed by atoms with Crippen molar-refractivity contribution in [2.24, 2.45) is 5.73 Å². The Morgan fingerprint density at radius 1 is 1.10 bits per heavy atom. The number of nitrogens with zero attached hydrogens (tertiary/aromatic N) is 1. The summed E-state index contributed by atoms with van der Waals surface area (Å²) < 4.78 is 27.7. The fraction of sp³-hybridized carbons (Fsp3) is 0.176. The number of para-hydroxylation sites is 1. The summed E-state index contributed by atoms with van der Waals surface area (Å²) in [5, 5.41) is 0. The number of rotatable bonds is 3. The predicted octanol–water partition coefficient (Wildman–Crippen LogP) is 2.91. The van der Waals surface area contributed by atoms with Crippen molar-refractivity contribution in [2.45, 2.75) is 6.54 Å². The van der Waals surface area contributed by atoms with Gasteiger partial charge in [0.05, 0.1) is 12.2 Å². The lowest BCUT2D eigenvalue weighted by molar-refractivity contribution is 0.600. The van der Waals surface area contributed by atoms with Gasteiger partial charge in [0.15, 0.2) is 0 Å². The van der Waals surface area contributed by atoms with Gasteiger partial charge in [-0.2, -0.15) is 0 Å². The molecule has 2 nitrogen and oxygen atoms in total. The SMILES string of the molecule is CN(Cc1ccc(C#CCN)cc1F)c1ccccc1F. The number of anilines is 1. The number of halogens is 2. The summed E-state index contributed by atoms with van der Waals surface area (Å²) in [4.78, 5) is 1.67. The third-order valence-electron chi connectivity index (χ3n) is 3.06. The molecule has 0 saturated heterocycles. The fourth-order valence-corrected chi connectivity index (χ4v) is 2.01. The minimum absolute atomic E-state index is 0.236. The molecule has 0 aromatic heterocycles. The van der Waals surface area contributed by atoms with Gasteiger partial charge in [-0.05, 0) is 24.3 Å². The predicted molar refractivity (Wildman–Crippen MR) is 80.8 cm³/mol. The van der Waals surface area contributed by atoms with Gasteiger partial charge in [0.1, 0.15) is 11.6 Å². The van der Waals surface area contributed by atoms with Gasteiger partial charge >= 0.3 is 0 Å².